The van der Waals surface area contributed by atoms with Crippen LogP contribution in [-0.2, 0) is 4.79 Å². The topological polar surface area (TPSA) is 78.0 Å². The molecule has 1 aromatic carbocycles. The van der Waals surface area contributed by atoms with Crippen LogP contribution in [0.15, 0.2) is 29.3 Å². The number of likely N-dealkylation sites (tertiary alicyclic amines) is 1. The molecule has 0 aromatic heterocycles. The Morgan fingerprint density at radius 1 is 1.25 bits per heavy atom. The number of guanidine groups is 1. The molecule has 0 aliphatic carbocycles. The minimum absolute atomic E-state index is 0. The number of aliphatic imine (C=N–C) groups is 1. The number of halogens is 1. The summed E-state index contributed by atoms with van der Waals surface area (Å²) in [7, 11) is 3.41. The molecule has 0 radical (unpaired) electrons. The van der Waals surface area contributed by atoms with Crippen LogP contribution in [0.4, 0.5) is 0 Å². The van der Waals surface area contributed by atoms with Gasteiger partial charge in [0.25, 0.3) is 0 Å². The van der Waals surface area contributed by atoms with E-state index in [2.05, 4.69) is 38.0 Å². The van der Waals surface area contributed by atoms with Crippen molar-refractivity contribution in [1.29, 1.82) is 0 Å². The fraction of sp³-hybridized carbons (Fsp3) is 0.600. The summed E-state index contributed by atoms with van der Waals surface area (Å²) < 4.78 is 5.39. The fourth-order valence-electron chi connectivity index (χ4n) is 3.26. The van der Waals surface area contributed by atoms with Crippen molar-refractivity contribution in [2.45, 2.75) is 32.2 Å². The molecule has 1 aromatic rings. The van der Waals surface area contributed by atoms with Crippen LogP contribution in [0, 0.1) is 0 Å². The lowest BCUT2D eigenvalue weighted by Crippen LogP contribution is -2.46. The molecular weight excluding hydrogens is 469 g/mol. The molecule has 0 saturated carbocycles. The van der Waals surface area contributed by atoms with Gasteiger partial charge in [-0.2, -0.15) is 0 Å². The van der Waals surface area contributed by atoms with Crippen molar-refractivity contribution < 1.29 is 9.53 Å². The van der Waals surface area contributed by atoms with Crippen LogP contribution in [0.2, 0.25) is 0 Å². The highest BCUT2D eigenvalue weighted by Crippen LogP contribution is 2.27. The average molecular weight is 503 g/mol. The SMILES string of the molecule is CCCNC(=O)CNC(=NC)NCC(c1cccc(OC)c1)N1CCCC1.I. The smallest absolute Gasteiger partial charge is 0.239 e. The zero-order chi connectivity index (χ0) is 19.5. The third-order valence-electron chi connectivity index (χ3n) is 4.74. The van der Waals surface area contributed by atoms with Crippen molar-refractivity contribution in [2.24, 2.45) is 4.99 Å². The van der Waals surface area contributed by atoms with Gasteiger partial charge in [-0.1, -0.05) is 19.1 Å². The van der Waals surface area contributed by atoms with E-state index in [1.165, 1.54) is 18.4 Å². The van der Waals surface area contributed by atoms with Gasteiger partial charge >= 0.3 is 0 Å². The highest BCUT2D eigenvalue weighted by Gasteiger charge is 2.24. The Kier molecular flexibility index (Phi) is 11.9. The van der Waals surface area contributed by atoms with Crippen LogP contribution >= 0.6 is 24.0 Å². The molecule has 8 heteroatoms. The van der Waals surface area contributed by atoms with Gasteiger partial charge in [0.1, 0.15) is 5.75 Å². The maximum atomic E-state index is 11.8. The van der Waals surface area contributed by atoms with Crippen LogP contribution in [0.1, 0.15) is 37.8 Å². The number of hydrogen-bond acceptors (Lipinski definition) is 4. The number of nitrogens with one attached hydrogen (secondary N) is 3. The minimum atomic E-state index is -0.0244. The Bertz CT molecular complexity index is 620. The summed E-state index contributed by atoms with van der Waals surface area (Å²) in [6.07, 6.45) is 3.38. The Morgan fingerprint density at radius 2 is 2.00 bits per heavy atom. The van der Waals surface area contributed by atoms with Gasteiger partial charge in [-0.25, -0.2) is 0 Å². The Hall–Kier alpha value is -1.55. The zero-order valence-corrected chi connectivity index (χ0v) is 19.5. The Morgan fingerprint density at radius 3 is 2.64 bits per heavy atom. The summed E-state index contributed by atoms with van der Waals surface area (Å²) in [6, 6.07) is 8.46. The average Bonchev–Trinajstić information content (AvgIpc) is 3.23. The number of ether oxygens (including phenoxy) is 1. The van der Waals surface area contributed by atoms with Gasteiger partial charge < -0.3 is 20.7 Å². The van der Waals surface area contributed by atoms with Crippen molar-refractivity contribution in [3.63, 3.8) is 0 Å². The number of nitrogens with zero attached hydrogens (tertiary/aromatic N) is 2. The first-order chi connectivity index (χ1) is 13.2. The van der Waals surface area contributed by atoms with Crippen LogP contribution in [0.3, 0.4) is 0 Å². The summed E-state index contributed by atoms with van der Waals surface area (Å²) in [5.74, 6) is 1.48. The third-order valence-corrected chi connectivity index (χ3v) is 4.74. The molecule has 1 fully saturated rings. The summed E-state index contributed by atoms with van der Waals surface area (Å²) in [6.45, 7) is 5.84. The van der Waals surface area contributed by atoms with E-state index < -0.39 is 0 Å². The molecule has 0 spiro atoms. The Balaban J connectivity index is 0.00000392. The predicted molar refractivity (Wildman–Crippen MR) is 125 cm³/mol. The Labute approximate surface area is 185 Å². The van der Waals surface area contributed by atoms with Crippen molar-refractivity contribution in [2.75, 3.05) is 46.9 Å². The van der Waals surface area contributed by atoms with Gasteiger partial charge in [-0.3, -0.25) is 14.7 Å². The second-order valence-corrected chi connectivity index (χ2v) is 6.69. The molecule has 1 unspecified atom stereocenters. The first-order valence-electron chi connectivity index (χ1n) is 9.77. The van der Waals surface area contributed by atoms with Crippen LogP contribution < -0.4 is 20.7 Å². The predicted octanol–water partition coefficient (Wildman–Crippen LogP) is 2.14. The molecule has 1 atom stereocenters. The van der Waals surface area contributed by atoms with Crippen molar-refractivity contribution in [1.82, 2.24) is 20.9 Å². The zero-order valence-electron chi connectivity index (χ0n) is 17.2. The van der Waals surface area contributed by atoms with Gasteiger partial charge in [0, 0.05) is 20.1 Å². The third kappa shape index (κ3) is 7.83. The first kappa shape index (κ1) is 24.5. The summed E-state index contributed by atoms with van der Waals surface area (Å²) >= 11 is 0. The molecular formula is C20H34IN5O2. The van der Waals surface area contributed by atoms with Crippen molar-refractivity contribution in [3.05, 3.63) is 29.8 Å². The van der Waals surface area contributed by atoms with E-state index in [9.17, 15) is 4.79 Å². The summed E-state index contributed by atoms with van der Waals surface area (Å²) in [5.41, 5.74) is 1.22. The normalized spacial score (nSPS) is 15.5. The molecule has 7 nitrogen and oxygen atoms in total. The van der Waals surface area contributed by atoms with Gasteiger partial charge in [-0.15, -0.1) is 24.0 Å². The molecule has 1 aliphatic heterocycles. The molecule has 1 aliphatic rings. The number of amides is 1. The van der Waals surface area contributed by atoms with E-state index in [0.717, 1.165) is 25.3 Å². The summed E-state index contributed by atoms with van der Waals surface area (Å²) in [4.78, 5) is 18.5. The van der Waals surface area contributed by atoms with Gasteiger partial charge in [-0.05, 0) is 50.0 Å². The number of benzene rings is 1. The lowest BCUT2D eigenvalue weighted by atomic mass is 10.1. The molecule has 0 bridgehead atoms. The maximum absolute atomic E-state index is 11.8. The van der Waals surface area contributed by atoms with E-state index in [0.29, 0.717) is 19.0 Å². The minimum Gasteiger partial charge on any atom is -0.497 e. The first-order valence-corrected chi connectivity index (χ1v) is 9.77. The summed E-state index contributed by atoms with van der Waals surface area (Å²) in [5, 5.41) is 9.31. The molecule has 1 heterocycles. The van der Waals surface area contributed by atoms with E-state index >= 15 is 0 Å². The number of rotatable bonds is 9. The van der Waals surface area contributed by atoms with Crippen molar-refractivity contribution in [3.8, 4) is 5.75 Å². The molecule has 1 amide bonds. The molecule has 2 rings (SSSR count). The van der Waals surface area contributed by atoms with E-state index in [4.69, 9.17) is 4.74 Å². The van der Waals surface area contributed by atoms with Crippen LogP contribution in [0.5, 0.6) is 5.75 Å². The highest BCUT2D eigenvalue weighted by molar-refractivity contribution is 14.0. The second-order valence-electron chi connectivity index (χ2n) is 6.69. The molecule has 28 heavy (non-hydrogen) atoms. The van der Waals surface area contributed by atoms with E-state index in [1.807, 2.05) is 19.1 Å². The van der Waals surface area contributed by atoms with E-state index in [-0.39, 0.29) is 42.5 Å². The number of carbonyl (C=O) groups excluding carboxylic acids is 1. The lowest BCUT2D eigenvalue weighted by molar-refractivity contribution is -0.120. The van der Waals surface area contributed by atoms with Gasteiger partial charge in [0.05, 0.1) is 19.7 Å². The standard InChI is InChI=1S/C20H33N5O2.HI/c1-4-10-22-19(26)15-24-20(21-2)23-14-18(25-11-5-6-12-25)16-8-7-9-17(13-16)27-3;/h7-9,13,18H,4-6,10-12,14-15H2,1-3H3,(H,22,26)(H2,21,23,24);1H. The van der Waals surface area contributed by atoms with Crippen molar-refractivity contribution >= 4 is 35.8 Å². The molecule has 3 N–H and O–H groups in total. The molecule has 158 valence electrons. The van der Waals surface area contributed by atoms with Gasteiger partial charge in [0.2, 0.25) is 5.91 Å². The monoisotopic (exact) mass is 503 g/mol. The largest absolute Gasteiger partial charge is 0.497 e. The number of hydrogen-bond donors (Lipinski definition) is 3. The number of methoxy groups -OCH3 is 1. The van der Waals surface area contributed by atoms with Crippen LogP contribution in [0.25, 0.3) is 0 Å². The van der Waals surface area contributed by atoms with E-state index in [1.54, 1.807) is 14.2 Å². The second kappa shape index (κ2) is 13.6. The van der Waals surface area contributed by atoms with Crippen LogP contribution in [-0.4, -0.2) is 63.6 Å². The highest BCUT2D eigenvalue weighted by atomic mass is 127. The fourth-order valence-corrected chi connectivity index (χ4v) is 3.26. The molecule has 1 saturated heterocycles. The maximum Gasteiger partial charge on any atom is 0.239 e. The quantitative estimate of drug-likeness (QED) is 0.274. The van der Waals surface area contributed by atoms with Gasteiger partial charge in [0.15, 0.2) is 5.96 Å². The lowest BCUT2D eigenvalue weighted by Gasteiger charge is -2.29. The number of carbonyl (C=O) groups is 1.